The van der Waals surface area contributed by atoms with Crippen molar-refractivity contribution >= 4 is 23.1 Å². The Morgan fingerprint density at radius 3 is 2.79 bits per heavy atom. The number of benzene rings is 2. The van der Waals surface area contributed by atoms with Gasteiger partial charge in [0.1, 0.15) is 0 Å². The van der Waals surface area contributed by atoms with Gasteiger partial charge in [-0.1, -0.05) is 36.4 Å². The molecule has 0 spiro atoms. The lowest BCUT2D eigenvalue weighted by Gasteiger charge is -2.22. The Bertz CT molecular complexity index is 737. The summed E-state index contributed by atoms with van der Waals surface area (Å²) in [5, 5.41) is 0. The zero-order chi connectivity index (χ0) is 12.7. The minimum Gasteiger partial charge on any atom is -0.324 e. The third kappa shape index (κ3) is 1.71. The van der Waals surface area contributed by atoms with E-state index in [1.165, 1.54) is 11.1 Å². The van der Waals surface area contributed by atoms with Crippen LogP contribution in [0.3, 0.4) is 0 Å². The number of hydrogen-bond acceptors (Lipinski definition) is 2. The summed E-state index contributed by atoms with van der Waals surface area (Å²) in [7, 11) is 0. The number of imidazole rings is 1. The number of hydrogen-bond donors (Lipinski definition) is 1. The molecule has 19 heavy (non-hydrogen) atoms. The lowest BCUT2D eigenvalue weighted by Crippen LogP contribution is -2.19. The van der Waals surface area contributed by atoms with Gasteiger partial charge >= 0.3 is 0 Å². The number of aromatic amines is 1. The molecule has 1 aliphatic heterocycles. The van der Waals surface area contributed by atoms with Crippen LogP contribution in [-0.4, -0.2) is 9.97 Å². The second-order valence-corrected chi connectivity index (χ2v) is 4.72. The number of rotatable bonds is 1. The Hall–Kier alpha value is -2.55. The van der Waals surface area contributed by atoms with Crippen LogP contribution in [0.4, 0.5) is 5.95 Å². The van der Waals surface area contributed by atoms with Crippen LogP contribution in [-0.2, 0) is 6.54 Å². The third-order valence-electron chi connectivity index (χ3n) is 3.48. The smallest absolute Gasteiger partial charge is 0.208 e. The molecule has 1 N–H and O–H groups in total. The van der Waals surface area contributed by atoms with Crippen molar-refractivity contribution in [2.45, 2.75) is 6.54 Å². The van der Waals surface area contributed by atoms with Gasteiger partial charge < -0.3 is 9.88 Å². The van der Waals surface area contributed by atoms with Crippen molar-refractivity contribution in [2.75, 3.05) is 4.90 Å². The summed E-state index contributed by atoms with van der Waals surface area (Å²) in [4.78, 5) is 10.1. The molecule has 0 bridgehead atoms. The van der Waals surface area contributed by atoms with Crippen LogP contribution in [0.5, 0.6) is 0 Å². The lowest BCUT2D eigenvalue weighted by atomic mass is 10.0. The fourth-order valence-electron chi connectivity index (χ4n) is 2.47. The summed E-state index contributed by atoms with van der Waals surface area (Å²) in [5.41, 5.74) is 4.69. The quantitative estimate of drug-likeness (QED) is 0.713. The molecule has 0 saturated carbocycles. The molecule has 0 radical (unpaired) electrons. The minimum atomic E-state index is 0.854. The van der Waals surface area contributed by atoms with Crippen LogP contribution in [0, 0.1) is 0 Å². The Morgan fingerprint density at radius 2 is 1.84 bits per heavy atom. The third-order valence-corrected chi connectivity index (χ3v) is 3.48. The molecule has 1 aliphatic rings. The van der Waals surface area contributed by atoms with Crippen molar-refractivity contribution in [1.82, 2.24) is 9.97 Å². The molecular weight excluding hydrogens is 234 g/mol. The molecule has 0 amide bonds. The molecule has 1 aromatic heterocycles. The highest BCUT2D eigenvalue weighted by molar-refractivity contribution is 5.78. The highest BCUT2D eigenvalue weighted by Gasteiger charge is 2.14. The van der Waals surface area contributed by atoms with Crippen molar-refractivity contribution in [3.05, 3.63) is 65.9 Å². The van der Waals surface area contributed by atoms with Gasteiger partial charge in [-0.2, -0.15) is 0 Å². The van der Waals surface area contributed by atoms with Gasteiger partial charge in [0.25, 0.3) is 0 Å². The first-order valence-electron chi connectivity index (χ1n) is 6.38. The van der Waals surface area contributed by atoms with Crippen LogP contribution < -0.4 is 4.90 Å². The van der Waals surface area contributed by atoms with E-state index in [2.05, 4.69) is 51.4 Å². The average molecular weight is 247 g/mol. The number of nitrogens with one attached hydrogen (secondary N) is 1. The van der Waals surface area contributed by atoms with Gasteiger partial charge in [0.2, 0.25) is 5.95 Å². The van der Waals surface area contributed by atoms with E-state index in [1.54, 1.807) is 0 Å². The summed E-state index contributed by atoms with van der Waals surface area (Å²) in [6, 6.07) is 16.6. The number of anilines is 1. The van der Waals surface area contributed by atoms with E-state index < -0.39 is 0 Å². The number of nitrogens with zero attached hydrogens (tertiary/aromatic N) is 2. The summed E-state index contributed by atoms with van der Waals surface area (Å²) in [6.07, 6.45) is 4.21. The molecule has 3 heteroatoms. The second kappa shape index (κ2) is 3.99. The highest BCUT2D eigenvalue weighted by atomic mass is 15.2. The molecule has 2 aromatic carbocycles. The molecule has 2 heterocycles. The van der Waals surface area contributed by atoms with E-state index in [0.717, 1.165) is 23.5 Å². The molecule has 0 aliphatic carbocycles. The molecule has 0 atom stereocenters. The summed E-state index contributed by atoms with van der Waals surface area (Å²) in [5.74, 6) is 0.895. The van der Waals surface area contributed by atoms with Gasteiger partial charge in [0, 0.05) is 6.20 Å². The van der Waals surface area contributed by atoms with Crippen LogP contribution in [0.2, 0.25) is 0 Å². The van der Waals surface area contributed by atoms with Crippen molar-refractivity contribution in [2.24, 2.45) is 0 Å². The van der Waals surface area contributed by atoms with Gasteiger partial charge in [-0.25, -0.2) is 4.98 Å². The fraction of sp³-hybridized carbons (Fsp3) is 0.0625. The highest BCUT2D eigenvalue weighted by Crippen LogP contribution is 2.24. The van der Waals surface area contributed by atoms with E-state index in [4.69, 9.17) is 0 Å². The molecule has 0 saturated heterocycles. The SMILES string of the molecule is C1=CN(c2nc3ccccc3[nH]2)Cc2ccccc21. The molecule has 3 aromatic rings. The Balaban J connectivity index is 1.75. The van der Waals surface area contributed by atoms with Gasteiger partial charge in [-0.15, -0.1) is 0 Å². The standard InChI is InChI=1S/C16H13N3/c1-2-6-13-11-19(10-9-12(13)5-1)16-17-14-7-3-4-8-15(14)18-16/h1-10H,11H2,(H,17,18). The first-order chi connectivity index (χ1) is 9.40. The molecule has 0 unspecified atom stereocenters. The topological polar surface area (TPSA) is 31.9 Å². The predicted octanol–water partition coefficient (Wildman–Crippen LogP) is 3.55. The molecule has 0 fully saturated rings. The van der Waals surface area contributed by atoms with Gasteiger partial charge in [-0.3, -0.25) is 0 Å². The zero-order valence-corrected chi connectivity index (χ0v) is 10.4. The molecule has 3 nitrogen and oxygen atoms in total. The first kappa shape index (κ1) is 10.4. The van der Waals surface area contributed by atoms with Crippen molar-refractivity contribution in [3.8, 4) is 0 Å². The largest absolute Gasteiger partial charge is 0.324 e. The normalized spacial score (nSPS) is 13.8. The minimum absolute atomic E-state index is 0.854. The Kier molecular flexibility index (Phi) is 2.18. The first-order valence-corrected chi connectivity index (χ1v) is 6.38. The van der Waals surface area contributed by atoms with Gasteiger partial charge in [0.05, 0.1) is 17.6 Å². The second-order valence-electron chi connectivity index (χ2n) is 4.72. The number of H-pyrrole nitrogens is 1. The van der Waals surface area contributed by atoms with Crippen LogP contribution in [0.25, 0.3) is 17.1 Å². The van der Waals surface area contributed by atoms with Gasteiger partial charge in [-0.05, 0) is 29.3 Å². The monoisotopic (exact) mass is 247 g/mol. The average Bonchev–Trinajstić information content (AvgIpc) is 2.90. The number of para-hydroxylation sites is 2. The maximum atomic E-state index is 4.63. The van der Waals surface area contributed by atoms with Crippen LogP contribution in [0.15, 0.2) is 54.7 Å². The van der Waals surface area contributed by atoms with Crippen molar-refractivity contribution in [1.29, 1.82) is 0 Å². The van der Waals surface area contributed by atoms with E-state index in [-0.39, 0.29) is 0 Å². The van der Waals surface area contributed by atoms with Crippen molar-refractivity contribution < 1.29 is 0 Å². The summed E-state index contributed by atoms with van der Waals surface area (Å²) in [6.45, 7) is 0.854. The van der Waals surface area contributed by atoms with E-state index >= 15 is 0 Å². The molecule has 4 rings (SSSR count). The molecule has 92 valence electrons. The molecular formula is C16H13N3. The van der Waals surface area contributed by atoms with Crippen LogP contribution in [0.1, 0.15) is 11.1 Å². The zero-order valence-electron chi connectivity index (χ0n) is 10.4. The number of aromatic nitrogens is 2. The van der Waals surface area contributed by atoms with E-state index in [1.807, 2.05) is 24.3 Å². The summed E-state index contributed by atoms with van der Waals surface area (Å²) >= 11 is 0. The summed E-state index contributed by atoms with van der Waals surface area (Å²) < 4.78 is 0. The lowest BCUT2D eigenvalue weighted by molar-refractivity contribution is 0.915. The Morgan fingerprint density at radius 1 is 1.00 bits per heavy atom. The van der Waals surface area contributed by atoms with E-state index in [9.17, 15) is 0 Å². The maximum Gasteiger partial charge on any atom is 0.208 e. The fourth-order valence-corrected chi connectivity index (χ4v) is 2.47. The van der Waals surface area contributed by atoms with Crippen molar-refractivity contribution in [3.63, 3.8) is 0 Å². The van der Waals surface area contributed by atoms with Crippen LogP contribution >= 0.6 is 0 Å². The predicted molar refractivity (Wildman–Crippen MR) is 77.8 cm³/mol. The van der Waals surface area contributed by atoms with Gasteiger partial charge in [0.15, 0.2) is 0 Å². The maximum absolute atomic E-state index is 4.63. The number of fused-ring (bicyclic) bond motifs is 2. The Labute approximate surface area is 111 Å². The van der Waals surface area contributed by atoms with E-state index in [0.29, 0.717) is 0 Å².